The molecule has 6 heteroatoms. The molecule has 0 saturated carbocycles. The normalized spacial score (nSPS) is 10.8. The van der Waals surface area contributed by atoms with Crippen LogP contribution in [0.2, 0.25) is 5.02 Å². The molecule has 0 atom stereocenters. The predicted octanol–water partition coefficient (Wildman–Crippen LogP) is 4.82. The first-order chi connectivity index (χ1) is 9.58. The van der Waals surface area contributed by atoms with Gasteiger partial charge in [-0.2, -0.15) is 8.78 Å². The zero-order chi connectivity index (χ0) is 14.5. The van der Waals surface area contributed by atoms with Gasteiger partial charge in [-0.3, -0.25) is 0 Å². The van der Waals surface area contributed by atoms with Crippen molar-refractivity contribution in [1.29, 1.82) is 0 Å². The standard InChI is InChI=1S/C14H12ClF2NOS/c15-10-5-3-6-11(18)13(10)20-8-9-4-1-2-7-12(9)19-14(16)17/h1-7,14H,8,18H2. The first-order valence-corrected chi connectivity index (χ1v) is 7.14. The van der Waals surface area contributed by atoms with Crippen molar-refractivity contribution in [3.05, 3.63) is 53.1 Å². The van der Waals surface area contributed by atoms with E-state index in [1.807, 2.05) is 0 Å². The van der Waals surface area contributed by atoms with Crippen LogP contribution in [0.1, 0.15) is 5.56 Å². The highest BCUT2D eigenvalue weighted by Gasteiger charge is 2.11. The molecule has 0 fully saturated rings. The Bertz CT molecular complexity index is 575. The average molecular weight is 316 g/mol. The Hall–Kier alpha value is -1.46. The minimum atomic E-state index is -2.84. The van der Waals surface area contributed by atoms with Crippen molar-refractivity contribution in [2.75, 3.05) is 5.73 Å². The molecule has 20 heavy (non-hydrogen) atoms. The van der Waals surface area contributed by atoms with Crippen LogP contribution in [0.3, 0.4) is 0 Å². The van der Waals surface area contributed by atoms with Gasteiger partial charge in [0.15, 0.2) is 0 Å². The lowest BCUT2D eigenvalue weighted by Gasteiger charge is -2.11. The van der Waals surface area contributed by atoms with Gasteiger partial charge in [-0.25, -0.2) is 0 Å². The molecule has 0 amide bonds. The number of nitrogen functional groups attached to an aromatic ring is 1. The second-order valence-corrected chi connectivity index (χ2v) is 5.33. The Balaban J connectivity index is 2.15. The second kappa shape index (κ2) is 6.81. The van der Waals surface area contributed by atoms with E-state index in [2.05, 4.69) is 4.74 Å². The Morgan fingerprint density at radius 2 is 1.90 bits per heavy atom. The smallest absolute Gasteiger partial charge is 0.387 e. The van der Waals surface area contributed by atoms with Gasteiger partial charge in [-0.05, 0) is 18.2 Å². The molecular formula is C14H12ClF2NOS. The van der Waals surface area contributed by atoms with Gasteiger partial charge in [0, 0.05) is 21.9 Å². The summed E-state index contributed by atoms with van der Waals surface area (Å²) in [5.74, 6) is 0.609. The van der Waals surface area contributed by atoms with Gasteiger partial charge in [0.05, 0.1) is 5.02 Å². The Labute approximate surface area is 124 Å². The molecule has 0 aromatic heterocycles. The van der Waals surface area contributed by atoms with Gasteiger partial charge in [-0.15, -0.1) is 11.8 Å². The fraction of sp³-hybridized carbons (Fsp3) is 0.143. The molecule has 106 valence electrons. The van der Waals surface area contributed by atoms with Gasteiger partial charge in [0.1, 0.15) is 5.75 Å². The zero-order valence-electron chi connectivity index (χ0n) is 10.4. The van der Waals surface area contributed by atoms with Crippen molar-refractivity contribution >= 4 is 29.1 Å². The minimum Gasteiger partial charge on any atom is -0.435 e. The molecular weight excluding hydrogens is 304 g/mol. The SMILES string of the molecule is Nc1cccc(Cl)c1SCc1ccccc1OC(F)F. The van der Waals surface area contributed by atoms with Gasteiger partial charge in [0.25, 0.3) is 0 Å². The van der Waals surface area contributed by atoms with Crippen molar-refractivity contribution in [3.8, 4) is 5.75 Å². The highest BCUT2D eigenvalue weighted by atomic mass is 35.5. The number of ether oxygens (including phenoxy) is 1. The number of nitrogens with two attached hydrogens (primary N) is 1. The molecule has 2 rings (SSSR count). The topological polar surface area (TPSA) is 35.2 Å². The monoisotopic (exact) mass is 315 g/mol. The minimum absolute atomic E-state index is 0.167. The lowest BCUT2D eigenvalue weighted by Crippen LogP contribution is -2.04. The molecule has 0 bridgehead atoms. The number of anilines is 1. The molecule has 0 saturated heterocycles. The number of rotatable bonds is 5. The average Bonchev–Trinajstić information content (AvgIpc) is 2.39. The van der Waals surface area contributed by atoms with E-state index in [0.717, 1.165) is 4.90 Å². The lowest BCUT2D eigenvalue weighted by atomic mass is 10.2. The van der Waals surface area contributed by atoms with Gasteiger partial charge < -0.3 is 10.5 Å². The molecule has 0 aliphatic rings. The van der Waals surface area contributed by atoms with Crippen LogP contribution in [0.25, 0.3) is 0 Å². The third kappa shape index (κ3) is 3.77. The van der Waals surface area contributed by atoms with Crippen molar-refractivity contribution < 1.29 is 13.5 Å². The molecule has 0 aliphatic carbocycles. The summed E-state index contributed by atoms with van der Waals surface area (Å²) in [5.41, 5.74) is 7.08. The van der Waals surface area contributed by atoms with E-state index in [4.69, 9.17) is 17.3 Å². The fourth-order valence-electron chi connectivity index (χ4n) is 1.66. The fourth-order valence-corrected chi connectivity index (χ4v) is 2.99. The van der Waals surface area contributed by atoms with Crippen molar-refractivity contribution in [2.45, 2.75) is 17.3 Å². The number of benzene rings is 2. The molecule has 2 nitrogen and oxygen atoms in total. The van der Waals surface area contributed by atoms with E-state index in [0.29, 0.717) is 22.0 Å². The third-order valence-corrected chi connectivity index (χ3v) is 4.18. The summed E-state index contributed by atoms with van der Waals surface area (Å²) in [7, 11) is 0. The number of para-hydroxylation sites is 1. The van der Waals surface area contributed by atoms with Crippen LogP contribution in [-0.4, -0.2) is 6.61 Å². The molecule has 2 aromatic carbocycles. The van der Waals surface area contributed by atoms with Crippen molar-refractivity contribution in [1.82, 2.24) is 0 Å². The van der Waals surface area contributed by atoms with Crippen LogP contribution >= 0.6 is 23.4 Å². The van der Waals surface area contributed by atoms with E-state index >= 15 is 0 Å². The van der Waals surface area contributed by atoms with E-state index < -0.39 is 6.61 Å². The number of hydrogen-bond acceptors (Lipinski definition) is 3. The van der Waals surface area contributed by atoms with Crippen molar-refractivity contribution in [3.63, 3.8) is 0 Å². The van der Waals surface area contributed by atoms with E-state index in [9.17, 15) is 8.78 Å². The molecule has 0 aliphatic heterocycles. The first kappa shape index (κ1) is 14.9. The molecule has 0 spiro atoms. The Morgan fingerprint density at radius 1 is 1.15 bits per heavy atom. The number of halogens is 3. The Morgan fingerprint density at radius 3 is 2.60 bits per heavy atom. The van der Waals surface area contributed by atoms with Crippen molar-refractivity contribution in [2.24, 2.45) is 0 Å². The molecule has 0 unspecified atom stereocenters. The molecule has 2 N–H and O–H groups in total. The highest BCUT2D eigenvalue weighted by Crippen LogP contribution is 2.36. The number of alkyl halides is 2. The molecule has 0 radical (unpaired) electrons. The zero-order valence-corrected chi connectivity index (χ0v) is 11.9. The van der Waals surface area contributed by atoms with Gasteiger partial charge >= 0.3 is 6.61 Å². The summed E-state index contributed by atoms with van der Waals surface area (Å²) >= 11 is 7.45. The summed E-state index contributed by atoms with van der Waals surface area (Å²) in [6.45, 7) is -2.84. The number of hydrogen-bond donors (Lipinski definition) is 1. The number of thioether (sulfide) groups is 1. The maximum atomic E-state index is 12.3. The Kier molecular flexibility index (Phi) is 5.09. The van der Waals surface area contributed by atoms with Crippen LogP contribution < -0.4 is 10.5 Å². The quantitative estimate of drug-likeness (QED) is 0.635. The summed E-state index contributed by atoms with van der Waals surface area (Å²) in [4.78, 5) is 0.737. The van der Waals surface area contributed by atoms with Crippen LogP contribution in [0, 0.1) is 0 Å². The van der Waals surface area contributed by atoms with Gasteiger partial charge in [0.2, 0.25) is 0 Å². The maximum absolute atomic E-state index is 12.3. The first-order valence-electron chi connectivity index (χ1n) is 5.77. The highest BCUT2D eigenvalue weighted by molar-refractivity contribution is 7.98. The van der Waals surface area contributed by atoms with Crippen LogP contribution in [0.4, 0.5) is 14.5 Å². The predicted molar refractivity (Wildman–Crippen MR) is 78.5 cm³/mol. The molecule has 0 heterocycles. The van der Waals surface area contributed by atoms with Crippen LogP contribution in [0.5, 0.6) is 5.75 Å². The maximum Gasteiger partial charge on any atom is 0.387 e. The largest absolute Gasteiger partial charge is 0.435 e. The van der Waals surface area contributed by atoms with Crippen LogP contribution in [0.15, 0.2) is 47.4 Å². The molecule has 2 aromatic rings. The van der Waals surface area contributed by atoms with Gasteiger partial charge in [-0.1, -0.05) is 35.9 Å². The summed E-state index contributed by atoms with van der Waals surface area (Å²) in [6.07, 6.45) is 0. The van der Waals surface area contributed by atoms with E-state index in [1.165, 1.54) is 17.8 Å². The third-order valence-electron chi connectivity index (χ3n) is 2.56. The van der Waals surface area contributed by atoms with E-state index in [1.54, 1.807) is 36.4 Å². The summed E-state index contributed by atoms with van der Waals surface area (Å²) in [5, 5.41) is 0.544. The van der Waals surface area contributed by atoms with E-state index in [-0.39, 0.29) is 5.75 Å². The summed E-state index contributed by atoms with van der Waals surface area (Å²) in [6, 6.07) is 11.9. The second-order valence-electron chi connectivity index (χ2n) is 3.93. The van der Waals surface area contributed by atoms with Crippen LogP contribution in [-0.2, 0) is 5.75 Å². The lowest BCUT2D eigenvalue weighted by molar-refractivity contribution is -0.0503. The summed E-state index contributed by atoms with van der Waals surface area (Å²) < 4.78 is 29.1.